The normalized spacial score (nSPS) is 13.7. The summed E-state index contributed by atoms with van der Waals surface area (Å²) in [6.45, 7) is 1.85. The first-order valence-electron chi connectivity index (χ1n) is 8.88. The van der Waals surface area contributed by atoms with Crippen molar-refractivity contribution in [1.82, 2.24) is 0 Å². The lowest BCUT2D eigenvalue weighted by atomic mass is 9.93. The van der Waals surface area contributed by atoms with Crippen molar-refractivity contribution in [3.8, 4) is 5.75 Å². The Kier molecular flexibility index (Phi) is 5.06. The number of allylic oxidation sites excluding steroid dienone is 2. The van der Waals surface area contributed by atoms with Gasteiger partial charge in [0.05, 0.1) is 11.4 Å². The summed E-state index contributed by atoms with van der Waals surface area (Å²) in [6.07, 6.45) is 0. The predicted molar refractivity (Wildman–Crippen MR) is 110 cm³/mol. The zero-order chi connectivity index (χ0) is 20.4. The molecule has 4 rings (SSSR count). The lowest BCUT2D eigenvalue weighted by molar-refractivity contribution is 0.0943. The average molecular weight is 403 g/mol. The second kappa shape index (κ2) is 7.81. The number of carbonyl (C=O) groups is 2. The van der Waals surface area contributed by atoms with Crippen LogP contribution in [0, 0.1) is 6.92 Å². The molecule has 1 aliphatic carbocycles. The van der Waals surface area contributed by atoms with Crippen LogP contribution in [-0.2, 0) is 0 Å². The molecule has 3 aromatic rings. The molecular formula is C23H15ClN2O3. The third-order valence-corrected chi connectivity index (χ3v) is 4.78. The van der Waals surface area contributed by atoms with Crippen LogP contribution in [0.25, 0.3) is 0 Å². The van der Waals surface area contributed by atoms with Gasteiger partial charge in [0, 0.05) is 11.1 Å². The number of ether oxygens (including phenoxy) is 1. The number of carbonyl (C=O) groups excluding carboxylic acids is 2. The van der Waals surface area contributed by atoms with Crippen LogP contribution in [-0.4, -0.2) is 11.6 Å². The van der Waals surface area contributed by atoms with Crippen LogP contribution in [0.2, 0.25) is 0 Å². The van der Waals surface area contributed by atoms with Gasteiger partial charge in [-0.3, -0.25) is 9.59 Å². The molecule has 0 spiro atoms. The Balaban J connectivity index is 1.60. The molecule has 3 aromatic carbocycles. The summed E-state index contributed by atoms with van der Waals surface area (Å²) in [4.78, 5) is 25.2. The molecule has 0 radical (unpaired) electrons. The summed E-state index contributed by atoms with van der Waals surface area (Å²) in [5.41, 5.74) is 2.77. The van der Waals surface area contributed by atoms with E-state index < -0.39 is 11.6 Å². The highest BCUT2D eigenvalue weighted by Crippen LogP contribution is 2.32. The Morgan fingerprint density at radius 2 is 1.45 bits per heavy atom. The van der Waals surface area contributed by atoms with E-state index in [0.717, 1.165) is 11.3 Å². The van der Waals surface area contributed by atoms with E-state index in [0.29, 0.717) is 11.4 Å². The molecule has 29 heavy (non-hydrogen) atoms. The second-order valence-corrected chi connectivity index (χ2v) is 6.81. The molecule has 0 N–H and O–H groups in total. The van der Waals surface area contributed by atoms with Gasteiger partial charge in [-0.25, -0.2) is 0 Å². The summed E-state index contributed by atoms with van der Waals surface area (Å²) < 4.78 is 5.71. The summed E-state index contributed by atoms with van der Waals surface area (Å²) in [7, 11) is 0. The van der Waals surface area contributed by atoms with Crippen LogP contribution in [0.5, 0.6) is 5.75 Å². The fourth-order valence-electron chi connectivity index (χ4n) is 2.94. The molecule has 5 nitrogen and oxygen atoms in total. The van der Waals surface area contributed by atoms with Crippen molar-refractivity contribution in [1.29, 1.82) is 0 Å². The maximum atomic E-state index is 12.7. The minimum Gasteiger partial charge on any atom is -0.451 e. The van der Waals surface area contributed by atoms with Crippen molar-refractivity contribution in [2.24, 2.45) is 10.2 Å². The van der Waals surface area contributed by atoms with Gasteiger partial charge in [-0.2, -0.15) is 10.2 Å². The van der Waals surface area contributed by atoms with Gasteiger partial charge in [-0.05, 0) is 42.8 Å². The molecule has 0 atom stereocenters. The zero-order valence-electron chi connectivity index (χ0n) is 15.4. The van der Waals surface area contributed by atoms with E-state index in [9.17, 15) is 9.59 Å². The van der Waals surface area contributed by atoms with E-state index in [4.69, 9.17) is 16.3 Å². The average Bonchev–Trinajstić information content (AvgIpc) is 2.75. The van der Waals surface area contributed by atoms with Crippen LogP contribution < -0.4 is 4.74 Å². The van der Waals surface area contributed by atoms with Crippen LogP contribution in [0.15, 0.2) is 93.8 Å². The number of halogens is 1. The van der Waals surface area contributed by atoms with Crippen molar-refractivity contribution in [2.45, 2.75) is 6.92 Å². The molecule has 0 aromatic heterocycles. The molecule has 0 aliphatic heterocycles. The van der Waals surface area contributed by atoms with E-state index in [1.807, 2.05) is 37.3 Å². The Bertz CT molecular complexity index is 1180. The molecule has 1 aliphatic rings. The number of azo groups is 1. The Labute approximate surface area is 172 Å². The van der Waals surface area contributed by atoms with Crippen LogP contribution in [0.1, 0.15) is 26.3 Å². The van der Waals surface area contributed by atoms with Gasteiger partial charge in [-0.15, -0.1) is 0 Å². The number of ketones is 2. The number of aryl methyl sites for hydroxylation is 1. The van der Waals surface area contributed by atoms with Gasteiger partial charge in [0.25, 0.3) is 0 Å². The molecule has 0 saturated heterocycles. The molecule has 0 bridgehead atoms. The number of nitrogens with zero attached hydrogens (tertiary/aromatic N) is 2. The van der Waals surface area contributed by atoms with E-state index >= 15 is 0 Å². The molecule has 0 fully saturated rings. The minimum atomic E-state index is -0.429. The first-order valence-corrected chi connectivity index (χ1v) is 9.26. The number of hydrogen-bond donors (Lipinski definition) is 0. The molecule has 0 heterocycles. The molecular weight excluding hydrogens is 388 g/mol. The fourth-order valence-corrected chi connectivity index (χ4v) is 3.17. The first kappa shape index (κ1) is 18.8. The second-order valence-electron chi connectivity index (χ2n) is 6.43. The third kappa shape index (κ3) is 3.73. The summed E-state index contributed by atoms with van der Waals surface area (Å²) in [6, 6.07) is 21.0. The summed E-state index contributed by atoms with van der Waals surface area (Å²) >= 11 is 6.14. The van der Waals surface area contributed by atoms with E-state index in [2.05, 4.69) is 10.2 Å². The smallest absolute Gasteiger partial charge is 0.230 e. The number of Topliss-reactive ketones (excluding diaryl/α,β-unsaturated/α-hetero) is 2. The van der Waals surface area contributed by atoms with Crippen LogP contribution in [0.4, 0.5) is 11.4 Å². The minimum absolute atomic E-state index is 0.173. The largest absolute Gasteiger partial charge is 0.451 e. The highest BCUT2D eigenvalue weighted by atomic mass is 35.5. The summed E-state index contributed by atoms with van der Waals surface area (Å²) in [5, 5.41) is 8.22. The van der Waals surface area contributed by atoms with E-state index in [1.54, 1.807) is 42.5 Å². The first-order chi connectivity index (χ1) is 14.0. The quantitative estimate of drug-likeness (QED) is 0.479. The fraction of sp³-hybridized carbons (Fsp3) is 0.0435. The molecule has 0 saturated carbocycles. The van der Waals surface area contributed by atoms with Crippen molar-refractivity contribution in [2.75, 3.05) is 0 Å². The molecule has 142 valence electrons. The van der Waals surface area contributed by atoms with Crippen molar-refractivity contribution in [3.63, 3.8) is 0 Å². The maximum absolute atomic E-state index is 12.7. The maximum Gasteiger partial charge on any atom is 0.230 e. The number of rotatable bonds is 4. The number of hydrogen-bond acceptors (Lipinski definition) is 5. The van der Waals surface area contributed by atoms with Crippen LogP contribution >= 0.6 is 11.6 Å². The van der Waals surface area contributed by atoms with Crippen molar-refractivity contribution >= 4 is 34.5 Å². The van der Waals surface area contributed by atoms with E-state index in [-0.39, 0.29) is 21.9 Å². The number of benzene rings is 3. The van der Waals surface area contributed by atoms with E-state index in [1.165, 1.54) is 0 Å². The SMILES string of the molecule is Cc1cc(OC2=C(Cl)C(=O)c3ccccc3C2=O)ccc1N=Nc1ccccc1. The van der Waals surface area contributed by atoms with Gasteiger partial charge in [0.15, 0.2) is 5.76 Å². The molecule has 0 unspecified atom stereocenters. The Morgan fingerprint density at radius 3 is 2.14 bits per heavy atom. The van der Waals surface area contributed by atoms with Gasteiger partial charge in [0.2, 0.25) is 11.6 Å². The zero-order valence-corrected chi connectivity index (χ0v) is 16.2. The van der Waals surface area contributed by atoms with Gasteiger partial charge >= 0.3 is 0 Å². The van der Waals surface area contributed by atoms with Gasteiger partial charge < -0.3 is 4.74 Å². The predicted octanol–water partition coefficient (Wildman–Crippen LogP) is 6.32. The third-order valence-electron chi connectivity index (χ3n) is 4.44. The highest BCUT2D eigenvalue weighted by molar-refractivity contribution is 6.49. The van der Waals surface area contributed by atoms with Gasteiger partial charge in [0.1, 0.15) is 10.8 Å². The topological polar surface area (TPSA) is 68.1 Å². The Hall–Kier alpha value is -3.57. The monoisotopic (exact) mass is 402 g/mol. The number of fused-ring (bicyclic) bond motifs is 1. The van der Waals surface area contributed by atoms with Crippen molar-refractivity contribution < 1.29 is 14.3 Å². The summed E-state index contributed by atoms with van der Waals surface area (Å²) in [5.74, 6) is -0.638. The van der Waals surface area contributed by atoms with Gasteiger partial charge in [-0.1, -0.05) is 54.1 Å². The standard InChI is InChI=1S/C23H15ClN2O3/c1-14-13-16(11-12-19(14)26-25-15-7-3-2-4-8-15)29-23-20(24)21(27)17-9-5-6-10-18(17)22(23)28/h2-13H,1H3. The van der Waals surface area contributed by atoms with Crippen molar-refractivity contribution in [3.05, 3.63) is 100 Å². The van der Waals surface area contributed by atoms with Crippen LogP contribution in [0.3, 0.4) is 0 Å². The lowest BCUT2D eigenvalue weighted by Crippen LogP contribution is -2.23. The highest BCUT2D eigenvalue weighted by Gasteiger charge is 2.33. The molecule has 6 heteroatoms. The lowest BCUT2D eigenvalue weighted by Gasteiger charge is -2.18. The molecule has 0 amide bonds. The Morgan fingerprint density at radius 1 is 0.793 bits per heavy atom.